The molecule has 12 heteroatoms. The molecule has 0 saturated heterocycles. The maximum Gasteiger partial charge on any atom is 0.231 e. The summed E-state index contributed by atoms with van der Waals surface area (Å²) in [5, 5.41) is 28.3. The first kappa shape index (κ1) is 26.9. The van der Waals surface area contributed by atoms with Gasteiger partial charge in [-0.3, -0.25) is 10.0 Å². The van der Waals surface area contributed by atoms with E-state index in [1.54, 1.807) is 10.6 Å². The highest BCUT2D eigenvalue weighted by Gasteiger charge is 2.29. The van der Waals surface area contributed by atoms with Crippen LogP contribution in [0.3, 0.4) is 0 Å². The second-order valence-corrected chi connectivity index (χ2v) is 9.40. The van der Waals surface area contributed by atoms with Gasteiger partial charge >= 0.3 is 0 Å². The van der Waals surface area contributed by atoms with Gasteiger partial charge in [-0.15, -0.1) is 15.1 Å². The van der Waals surface area contributed by atoms with Crippen molar-refractivity contribution in [2.24, 2.45) is 5.18 Å². The average Bonchev–Trinajstić information content (AvgIpc) is 3.61. The zero-order chi connectivity index (χ0) is 28.1. The number of carbonyl (C=O) groups excluding carboxylic acids is 1. The van der Waals surface area contributed by atoms with Crippen molar-refractivity contribution in [3.63, 3.8) is 0 Å². The van der Waals surface area contributed by atoms with E-state index in [0.717, 1.165) is 41.3 Å². The van der Waals surface area contributed by atoms with Gasteiger partial charge < -0.3 is 4.57 Å². The number of hydrogen-bond donors (Lipinski definition) is 2. The topological polar surface area (TPSA) is 142 Å². The lowest BCUT2D eigenvalue weighted by molar-refractivity contribution is -0.0149. The van der Waals surface area contributed by atoms with Gasteiger partial charge in [-0.05, 0) is 45.7 Å². The van der Waals surface area contributed by atoms with E-state index < -0.39 is 5.78 Å². The number of H-pyrrole nitrogens is 1. The minimum absolute atomic E-state index is 0.0460. The van der Waals surface area contributed by atoms with Gasteiger partial charge in [-0.25, -0.2) is 10.0 Å². The van der Waals surface area contributed by atoms with Crippen molar-refractivity contribution in [2.75, 3.05) is 0 Å². The molecule has 2 N–H and O–H groups in total. The number of ketones is 1. The number of nitrogens with zero attached hydrogens (tertiary/aromatic N) is 7. The molecule has 4 aromatic rings. The number of aromatic amines is 1. The molecule has 202 valence electrons. The first-order chi connectivity index (χ1) is 19.5. The fourth-order valence-corrected chi connectivity index (χ4v) is 4.81. The van der Waals surface area contributed by atoms with Gasteiger partial charge in [0.15, 0.2) is 5.15 Å². The molecule has 0 bridgehead atoms. The van der Waals surface area contributed by atoms with Crippen LogP contribution in [0, 0.1) is 4.91 Å². The van der Waals surface area contributed by atoms with Crippen LogP contribution in [0.5, 0.6) is 0 Å². The summed E-state index contributed by atoms with van der Waals surface area (Å²) in [6, 6.07) is 15.7. The number of hydroxylamine groups is 2. The molecule has 0 atom stereocenters. The molecule has 1 aliphatic heterocycles. The lowest BCUT2D eigenvalue weighted by Gasteiger charge is -2.22. The quantitative estimate of drug-likeness (QED) is 0.187. The molecule has 0 unspecified atom stereocenters. The van der Waals surface area contributed by atoms with Gasteiger partial charge in [0.05, 0.1) is 11.9 Å². The molecule has 2 aromatic heterocycles. The van der Waals surface area contributed by atoms with Crippen LogP contribution in [-0.2, 0) is 13.0 Å². The lowest BCUT2D eigenvalue weighted by Crippen LogP contribution is -2.27. The van der Waals surface area contributed by atoms with Crippen molar-refractivity contribution >= 4 is 17.4 Å². The minimum Gasteiger partial charge on any atom is -0.319 e. The third-order valence-corrected chi connectivity index (χ3v) is 6.77. The van der Waals surface area contributed by atoms with Crippen LogP contribution in [0.1, 0.15) is 41.6 Å². The van der Waals surface area contributed by atoms with Gasteiger partial charge in [0.2, 0.25) is 11.6 Å². The zero-order valence-electron chi connectivity index (χ0n) is 21.5. The zero-order valence-corrected chi connectivity index (χ0v) is 22.3. The summed E-state index contributed by atoms with van der Waals surface area (Å²) >= 11 is 6.53. The predicted octanol–water partition coefficient (Wildman–Crippen LogP) is 5.71. The molecular formula is C28H25ClN8O3. The number of hydrogen-bond acceptors (Lipinski definition) is 9. The number of aromatic nitrogens is 6. The number of nitroso groups, excluding NO2 is 1. The number of nitrogens with one attached hydrogen (secondary N) is 1. The average molecular weight is 557 g/mol. The van der Waals surface area contributed by atoms with Crippen LogP contribution in [0.15, 0.2) is 89.5 Å². The van der Waals surface area contributed by atoms with Crippen molar-refractivity contribution in [3.05, 3.63) is 111 Å². The molecule has 3 heterocycles. The minimum atomic E-state index is -0.533. The van der Waals surface area contributed by atoms with E-state index in [1.807, 2.05) is 48.5 Å². The van der Waals surface area contributed by atoms with Gasteiger partial charge in [0, 0.05) is 18.5 Å². The largest absolute Gasteiger partial charge is 0.319 e. The van der Waals surface area contributed by atoms with Crippen LogP contribution in [0.4, 0.5) is 0 Å². The summed E-state index contributed by atoms with van der Waals surface area (Å²) in [5.74, 6) is 0.640. The summed E-state index contributed by atoms with van der Waals surface area (Å²) in [5.41, 5.74) is 3.83. The van der Waals surface area contributed by atoms with Crippen molar-refractivity contribution in [2.45, 2.75) is 32.7 Å². The third-order valence-electron chi connectivity index (χ3n) is 6.50. The van der Waals surface area contributed by atoms with E-state index in [2.05, 4.69) is 37.7 Å². The molecule has 0 aliphatic carbocycles. The Kier molecular flexibility index (Phi) is 8.04. The summed E-state index contributed by atoms with van der Waals surface area (Å²) in [6.45, 7) is 2.41. The molecule has 0 saturated carbocycles. The first-order valence-electron chi connectivity index (χ1n) is 12.6. The highest BCUT2D eigenvalue weighted by molar-refractivity contribution is 6.33. The predicted molar refractivity (Wildman–Crippen MR) is 149 cm³/mol. The molecule has 5 rings (SSSR count). The Bertz CT molecular complexity index is 1620. The third kappa shape index (κ3) is 5.37. The maximum atomic E-state index is 13.7. The molecule has 40 heavy (non-hydrogen) atoms. The number of unbranched alkanes of at least 4 members (excludes halogenated alkanes) is 1. The fraction of sp³-hybridized carbons (Fsp3) is 0.179. The van der Waals surface area contributed by atoms with Crippen LogP contribution in [-0.4, -0.2) is 46.2 Å². The number of imidazole rings is 1. The molecule has 2 aromatic carbocycles. The molecule has 0 amide bonds. The van der Waals surface area contributed by atoms with Gasteiger partial charge in [0.25, 0.3) is 0 Å². The van der Waals surface area contributed by atoms with E-state index in [0.29, 0.717) is 29.7 Å². The normalized spacial score (nSPS) is 14.0. The second kappa shape index (κ2) is 12.0. The number of halogens is 1. The van der Waals surface area contributed by atoms with E-state index in [1.165, 1.54) is 12.2 Å². The SMILES string of the molecule is CCCCc1nc(Cl)c(C(=O)C2=CC=CC(=CN=O)N2O)n1Cc1ccc(-c2ccccc2-c2nn[nH]n2)cc1. The van der Waals surface area contributed by atoms with Gasteiger partial charge in [-0.2, -0.15) is 5.21 Å². The number of benzene rings is 2. The number of Topliss-reactive ketones (excluding diaryl/α,β-unsaturated/α-hetero) is 1. The van der Waals surface area contributed by atoms with Gasteiger partial charge in [-0.1, -0.05) is 79.6 Å². The summed E-state index contributed by atoms with van der Waals surface area (Å²) in [4.78, 5) is 28.9. The first-order valence-corrected chi connectivity index (χ1v) is 13.0. The van der Waals surface area contributed by atoms with Crippen LogP contribution in [0.25, 0.3) is 22.5 Å². The Balaban J connectivity index is 1.48. The monoisotopic (exact) mass is 556 g/mol. The van der Waals surface area contributed by atoms with Gasteiger partial charge in [0.1, 0.15) is 17.2 Å². The molecule has 0 fully saturated rings. The van der Waals surface area contributed by atoms with E-state index in [4.69, 9.17) is 11.6 Å². The summed E-state index contributed by atoms with van der Waals surface area (Å²) < 4.78 is 1.79. The Morgan fingerprint density at radius 3 is 2.62 bits per heavy atom. The van der Waals surface area contributed by atoms with E-state index >= 15 is 0 Å². The Morgan fingerprint density at radius 1 is 1.15 bits per heavy atom. The molecular weight excluding hydrogens is 532 g/mol. The Labute approximate surface area is 234 Å². The highest BCUT2D eigenvalue weighted by atomic mass is 35.5. The number of carbonyl (C=O) groups is 1. The molecule has 0 spiro atoms. The van der Waals surface area contributed by atoms with E-state index in [9.17, 15) is 14.9 Å². The molecule has 11 nitrogen and oxygen atoms in total. The smallest absolute Gasteiger partial charge is 0.231 e. The number of aryl methyl sites for hydroxylation is 1. The van der Waals surface area contributed by atoms with E-state index in [-0.39, 0.29) is 22.2 Å². The van der Waals surface area contributed by atoms with Crippen LogP contribution < -0.4 is 0 Å². The lowest BCUT2D eigenvalue weighted by atomic mass is 9.98. The van der Waals surface area contributed by atoms with Crippen molar-refractivity contribution in [1.29, 1.82) is 0 Å². The molecule has 0 radical (unpaired) electrons. The Morgan fingerprint density at radius 2 is 1.93 bits per heavy atom. The summed E-state index contributed by atoms with van der Waals surface area (Å²) in [7, 11) is 0. The maximum absolute atomic E-state index is 13.7. The Hall–Kier alpha value is -4.74. The van der Waals surface area contributed by atoms with Crippen molar-refractivity contribution < 1.29 is 10.0 Å². The second-order valence-electron chi connectivity index (χ2n) is 9.05. The number of allylic oxidation sites excluding steroid dienone is 4. The highest BCUT2D eigenvalue weighted by Crippen LogP contribution is 2.31. The summed E-state index contributed by atoms with van der Waals surface area (Å²) in [6.07, 6.45) is 7.80. The fourth-order valence-electron chi connectivity index (χ4n) is 4.52. The van der Waals surface area contributed by atoms with Crippen molar-refractivity contribution in [1.82, 2.24) is 35.2 Å². The number of rotatable bonds is 10. The molecule has 1 aliphatic rings. The standard InChI is InChI=1S/C28H25ClN8O3/c1-2-3-11-24-31-27(29)25(26(38)23-10-6-7-20(16-30-39)37(23)40)36(24)17-18-12-14-19(15-13-18)21-8-4-5-9-22(21)28-32-34-35-33-28/h4-10,12-16,40H,2-3,11,17H2,1H3,(H,32,33,34,35). The van der Waals surface area contributed by atoms with Crippen LogP contribution in [0.2, 0.25) is 5.15 Å². The number of tetrazole rings is 1. The van der Waals surface area contributed by atoms with Crippen molar-refractivity contribution in [3.8, 4) is 22.5 Å². The van der Waals surface area contributed by atoms with Crippen LogP contribution >= 0.6 is 11.6 Å².